The van der Waals surface area contributed by atoms with E-state index in [2.05, 4.69) is 11.5 Å². The van der Waals surface area contributed by atoms with Gasteiger partial charge < -0.3 is 11.5 Å². The fourth-order valence-electron chi connectivity index (χ4n) is 0.271. The van der Waals surface area contributed by atoms with E-state index in [0.29, 0.717) is 0 Å². The van der Waals surface area contributed by atoms with E-state index in [0.717, 1.165) is 0 Å². The molecular weight excluding hydrogens is 176 g/mol. The lowest BCUT2D eigenvalue weighted by Crippen LogP contribution is -2.51. The van der Waals surface area contributed by atoms with Gasteiger partial charge in [-0.2, -0.15) is 0 Å². The molecule has 1 unspecified atom stereocenters. The Morgan fingerprint density at radius 1 is 1.45 bits per heavy atom. The molecule has 11 heavy (non-hydrogen) atoms. The van der Waals surface area contributed by atoms with E-state index in [4.69, 9.17) is 4.55 Å². The normalized spacial score (nSPS) is 11.7. The first-order valence-electron chi connectivity index (χ1n) is 2.21. The minimum Gasteiger partial charge on any atom is -0.350 e. The van der Waals surface area contributed by atoms with Crippen molar-refractivity contribution in [2.75, 3.05) is 0 Å². The summed E-state index contributed by atoms with van der Waals surface area (Å²) < 4.78 is 18.4. The molecule has 0 heterocycles. The van der Waals surface area contributed by atoms with Gasteiger partial charge >= 0.3 is 12.1 Å². The van der Waals surface area contributed by atoms with Crippen molar-refractivity contribution >= 4 is 23.3 Å². The van der Waals surface area contributed by atoms with Gasteiger partial charge in [0.25, 0.3) is 11.3 Å². The van der Waals surface area contributed by atoms with Crippen LogP contribution in [0.3, 0.4) is 0 Å². The molecule has 0 saturated carbocycles. The second-order valence-electron chi connectivity index (χ2n) is 1.34. The van der Waals surface area contributed by atoms with Gasteiger partial charge in [0.1, 0.15) is 0 Å². The molecule has 0 aromatic carbocycles. The molecule has 0 radical (unpaired) electrons. The molecule has 1 atom stereocenters. The standard InChI is InChI=1S/C2H6N4O4S/c3-1(7)5-6(2(4)8)11(9)10/h(H2,4,8)(H,9,10)(H3,3,5,7). The van der Waals surface area contributed by atoms with Crippen molar-refractivity contribution in [1.82, 2.24) is 9.84 Å². The predicted octanol–water partition coefficient (Wildman–Crippen LogP) is -1.91. The average molecular weight is 182 g/mol. The van der Waals surface area contributed by atoms with E-state index in [1.165, 1.54) is 5.43 Å². The average Bonchev–Trinajstić information content (AvgIpc) is 1.81. The van der Waals surface area contributed by atoms with Crippen LogP contribution in [0, 0.1) is 0 Å². The van der Waals surface area contributed by atoms with Crippen LogP contribution >= 0.6 is 0 Å². The fourth-order valence-corrected chi connectivity index (χ4v) is 0.593. The Hall–Kier alpha value is -1.35. The lowest BCUT2D eigenvalue weighted by molar-refractivity contribution is 0.209. The van der Waals surface area contributed by atoms with E-state index < -0.39 is 23.3 Å². The van der Waals surface area contributed by atoms with Crippen LogP contribution in [0.1, 0.15) is 0 Å². The largest absolute Gasteiger partial charge is 0.350 e. The van der Waals surface area contributed by atoms with Crippen LogP contribution in [0.25, 0.3) is 0 Å². The Balaban J connectivity index is 4.23. The van der Waals surface area contributed by atoms with Gasteiger partial charge in [0.15, 0.2) is 0 Å². The number of carbonyl (C=O) groups excluding carboxylic acids is 2. The number of hydrogen-bond donors (Lipinski definition) is 4. The van der Waals surface area contributed by atoms with Crippen LogP contribution < -0.4 is 16.9 Å². The number of nitrogens with one attached hydrogen (secondary N) is 1. The van der Waals surface area contributed by atoms with E-state index in [-0.39, 0.29) is 4.41 Å². The number of hydrazine groups is 1. The molecule has 0 bridgehead atoms. The van der Waals surface area contributed by atoms with Crippen molar-refractivity contribution in [3.8, 4) is 0 Å². The van der Waals surface area contributed by atoms with Crippen molar-refractivity contribution in [2.24, 2.45) is 11.5 Å². The highest BCUT2D eigenvalue weighted by Gasteiger charge is 2.16. The SMILES string of the molecule is NC(=O)NN(C(N)=O)S(=O)O. The molecule has 0 aromatic rings. The maximum atomic E-state index is 10.2. The van der Waals surface area contributed by atoms with Gasteiger partial charge in [-0.05, 0) is 0 Å². The molecule has 0 aliphatic heterocycles. The monoisotopic (exact) mass is 182 g/mol. The summed E-state index contributed by atoms with van der Waals surface area (Å²) in [6.45, 7) is 0. The Morgan fingerprint density at radius 2 is 1.91 bits per heavy atom. The Kier molecular flexibility index (Phi) is 3.27. The van der Waals surface area contributed by atoms with E-state index in [9.17, 15) is 13.8 Å². The molecule has 0 saturated heterocycles. The van der Waals surface area contributed by atoms with Crippen LogP contribution in [-0.4, -0.2) is 25.2 Å². The first-order chi connectivity index (χ1) is 4.95. The predicted molar refractivity (Wildman–Crippen MR) is 34.9 cm³/mol. The third kappa shape index (κ3) is 3.37. The van der Waals surface area contributed by atoms with Crippen LogP contribution in [0.2, 0.25) is 0 Å². The molecule has 0 spiro atoms. The summed E-state index contributed by atoms with van der Waals surface area (Å²) in [5.41, 5.74) is 10.6. The molecule has 9 heteroatoms. The molecule has 0 aliphatic carbocycles. The number of urea groups is 2. The van der Waals surface area contributed by atoms with Gasteiger partial charge in [0.2, 0.25) is 0 Å². The minimum absolute atomic E-state index is 0.0255. The summed E-state index contributed by atoms with van der Waals surface area (Å²) in [5.74, 6) is 0. The Labute approximate surface area is 63.9 Å². The van der Waals surface area contributed by atoms with Gasteiger partial charge in [-0.15, -0.1) is 4.41 Å². The molecule has 4 amide bonds. The number of rotatable bonds is 1. The lowest BCUT2D eigenvalue weighted by Gasteiger charge is -2.13. The Bertz CT molecular complexity index is 190. The number of carbonyl (C=O) groups is 2. The van der Waals surface area contributed by atoms with Gasteiger partial charge in [-0.1, -0.05) is 0 Å². The summed E-state index contributed by atoms with van der Waals surface area (Å²) in [5, 5.41) is 0. The smallest absolute Gasteiger partial charge is 0.348 e. The summed E-state index contributed by atoms with van der Waals surface area (Å²) in [7, 11) is 0. The highest BCUT2D eigenvalue weighted by Crippen LogP contribution is 1.84. The number of primary amides is 2. The fraction of sp³-hybridized carbons (Fsp3) is 0. The molecule has 0 rings (SSSR count). The zero-order valence-electron chi connectivity index (χ0n) is 5.18. The van der Waals surface area contributed by atoms with Crippen molar-refractivity contribution in [2.45, 2.75) is 0 Å². The number of hydrogen-bond acceptors (Lipinski definition) is 3. The summed E-state index contributed by atoms with van der Waals surface area (Å²) in [6, 6.07) is -2.45. The second-order valence-corrected chi connectivity index (χ2v) is 2.17. The molecule has 8 nitrogen and oxygen atoms in total. The first-order valence-corrected chi connectivity index (χ1v) is 3.28. The maximum Gasteiger partial charge on any atom is 0.348 e. The van der Waals surface area contributed by atoms with Crippen molar-refractivity contribution in [1.29, 1.82) is 0 Å². The van der Waals surface area contributed by atoms with Gasteiger partial charge in [0, 0.05) is 0 Å². The zero-order valence-corrected chi connectivity index (χ0v) is 6.00. The molecule has 0 aromatic heterocycles. The second kappa shape index (κ2) is 3.73. The summed E-state index contributed by atoms with van der Waals surface area (Å²) in [4.78, 5) is 20.2. The van der Waals surface area contributed by atoms with Crippen molar-refractivity contribution in [3.05, 3.63) is 0 Å². The minimum atomic E-state index is -2.71. The molecule has 0 fully saturated rings. The van der Waals surface area contributed by atoms with Crippen LogP contribution in [0.4, 0.5) is 9.59 Å². The number of amides is 4. The van der Waals surface area contributed by atoms with Crippen LogP contribution in [-0.2, 0) is 11.3 Å². The van der Waals surface area contributed by atoms with E-state index >= 15 is 0 Å². The summed E-state index contributed by atoms with van der Waals surface area (Å²) in [6.07, 6.45) is 0. The molecular formula is C2H6N4O4S. The van der Waals surface area contributed by atoms with E-state index in [1.54, 1.807) is 0 Å². The first kappa shape index (κ1) is 9.65. The number of nitrogens with zero attached hydrogens (tertiary/aromatic N) is 1. The van der Waals surface area contributed by atoms with Crippen LogP contribution in [0.15, 0.2) is 0 Å². The van der Waals surface area contributed by atoms with Crippen molar-refractivity contribution < 1.29 is 18.4 Å². The number of nitrogens with two attached hydrogens (primary N) is 2. The quantitative estimate of drug-likeness (QED) is 0.277. The highest BCUT2D eigenvalue weighted by atomic mass is 32.2. The third-order valence-corrected chi connectivity index (χ3v) is 1.15. The van der Waals surface area contributed by atoms with Gasteiger partial charge in [-0.25, -0.2) is 19.2 Å². The molecule has 0 aliphatic rings. The lowest BCUT2D eigenvalue weighted by atomic mass is 11.1. The Morgan fingerprint density at radius 3 is 2.00 bits per heavy atom. The molecule has 6 N–H and O–H groups in total. The van der Waals surface area contributed by atoms with Crippen LogP contribution in [0.5, 0.6) is 0 Å². The van der Waals surface area contributed by atoms with Gasteiger partial charge in [-0.3, -0.25) is 4.55 Å². The zero-order chi connectivity index (χ0) is 9.02. The van der Waals surface area contributed by atoms with Gasteiger partial charge in [0.05, 0.1) is 0 Å². The topological polar surface area (TPSA) is 139 Å². The van der Waals surface area contributed by atoms with Crippen molar-refractivity contribution in [3.63, 3.8) is 0 Å². The maximum absolute atomic E-state index is 10.2. The summed E-state index contributed by atoms with van der Waals surface area (Å²) >= 11 is -2.71. The molecule has 64 valence electrons. The third-order valence-electron chi connectivity index (χ3n) is 0.568. The van der Waals surface area contributed by atoms with E-state index in [1.807, 2.05) is 0 Å². The highest BCUT2D eigenvalue weighted by molar-refractivity contribution is 7.77.